The quantitative estimate of drug-likeness (QED) is 0.225. The molecule has 0 spiro atoms. The van der Waals surface area contributed by atoms with Crippen LogP contribution in [0.1, 0.15) is 34.2 Å². The molecule has 0 saturated carbocycles. The summed E-state index contributed by atoms with van der Waals surface area (Å²) >= 11 is 0. The second-order valence-electron chi connectivity index (χ2n) is 8.19. The minimum atomic E-state index is -0.846. The monoisotopic (exact) mass is 440 g/mol. The summed E-state index contributed by atoms with van der Waals surface area (Å²) in [6.07, 6.45) is 4.07. The lowest BCUT2D eigenvalue weighted by Gasteiger charge is -2.05. The van der Waals surface area contributed by atoms with Crippen molar-refractivity contribution in [3.05, 3.63) is 118 Å². The zero-order valence-corrected chi connectivity index (χ0v) is 18.7. The minimum Gasteiger partial charge on any atom is -0.385 e. The molecule has 4 aromatic rings. The Hall–Kier alpha value is -3.48. The first-order chi connectivity index (χ1) is 16.1. The largest absolute Gasteiger partial charge is 0.385 e. The molecule has 0 atom stereocenters. The normalized spacial score (nSPS) is 10.8. The number of ether oxygens (including phenoxy) is 1. The summed E-state index contributed by atoms with van der Waals surface area (Å²) in [5.74, 6) is 4.58. The molecule has 0 aromatic heterocycles. The van der Waals surface area contributed by atoms with Crippen LogP contribution in [0.2, 0.25) is 0 Å². The molecule has 166 valence electrons. The molecular formula is C30H26F2O. The predicted octanol–water partition coefficient (Wildman–Crippen LogP) is 6.88. The molecule has 0 amide bonds. The number of halogens is 2. The summed E-state index contributed by atoms with van der Waals surface area (Å²) < 4.78 is 32.0. The van der Waals surface area contributed by atoms with Crippen molar-refractivity contribution in [2.75, 3.05) is 13.7 Å². The van der Waals surface area contributed by atoms with Gasteiger partial charge in [0.2, 0.25) is 0 Å². The number of hydrogen-bond acceptors (Lipinski definition) is 1. The smallest absolute Gasteiger partial charge is 0.159 e. The van der Waals surface area contributed by atoms with E-state index in [1.165, 1.54) is 28.8 Å². The van der Waals surface area contributed by atoms with Gasteiger partial charge in [0.1, 0.15) is 0 Å². The molecule has 0 aliphatic carbocycles. The fourth-order valence-electron chi connectivity index (χ4n) is 3.80. The van der Waals surface area contributed by atoms with Crippen LogP contribution in [0.15, 0.2) is 78.9 Å². The average Bonchev–Trinajstić information content (AvgIpc) is 2.84. The van der Waals surface area contributed by atoms with Crippen molar-refractivity contribution in [3.63, 3.8) is 0 Å². The molecule has 0 heterocycles. The zero-order valence-electron chi connectivity index (χ0n) is 18.7. The summed E-state index contributed by atoms with van der Waals surface area (Å²) in [5.41, 5.74) is 5.64. The van der Waals surface area contributed by atoms with Gasteiger partial charge in [-0.15, -0.1) is 0 Å². The maximum Gasteiger partial charge on any atom is 0.159 e. The molecule has 0 aliphatic rings. The van der Waals surface area contributed by atoms with Crippen LogP contribution in [0.3, 0.4) is 0 Å². The number of benzene rings is 4. The van der Waals surface area contributed by atoms with Crippen LogP contribution in [-0.4, -0.2) is 13.7 Å². The maximum absolute atomic E-state index is 13.5. The molecule has 33 heavy (non-hydrogen) atoms. The van der Waals surface area contributed by atoms with Crippen LogP contribution in [0, 0.1) is 23.5 Å². The molecule has 0 N–H and O–H groups in total. The van der Waals surface area contributed by atoms with Gasteiger partial charge in [-0.2, -0.15) is 0 Å². The molecule has 0 unspecified atom stereocenters. The highest BCUT2D eigenvalue weighted by atomic mass is 19.2. The van der Waals surface area contributed by atoms with Gasteiger partial charge < -0.3 is 4.74 Å². The Labute approximate surface area is 194 Å². The molecule has 3 heteroatoms. The fourth-order valence-corrected chi connectivity index (χ4v) is 3.80. The predicted molar refractivity (Wildman–Crippen MR) is 130 cm³/mol. The summed E-state index contributed by atoms with van der Waals surface area (Å²) in [5, 5.41) is 1.29. The summed E-state index contributed by atoms with van der Waals surface area (Å²) in [6, 6.07) is 24.9. The zero-order chi connectivity index (χ0) is 23.0. The molecular weight excluding hydrogens is 414 g/mol. The average molecular weight is 441 g/mol. The van der Waals surface area contributed by atoms with Crippen molar-refractivity contribution in [3.8, 4) is 11.8 Å². The van der Waals surface area contributed by atoms with Gasteiger partial charge >= 0.3 is 0 Å². The van der Waals surface area contributed by atoms with E-state index in [-0.39, 0.29) is 0 Å². The molecule has 4 rings (SSSR count). The van der Waals surface area contributed by atoms with Gasteiger partial charge in [-0.05, 0) is 89.5 Å². The first-order valence-corrected chi connectivity index (χ1v) is 11.2. The SMILES string of the molecule is COCCCc1ccc(CCc2ccc(C#Cc3ccc4cc(F)c(F)cc4c3)cc2)cc1. The molecule has 0 saturated heterocycles. The van der Waals surface area contributed by atoms with Crippen molar-refractivity contribution < 1.29 is 13.5 Å². The molecule has 0 aliphatic heterocycles. The second-order valence-corrected chi connectivity index (χ2v) is 8.19. The van der Waals surface area contributed by atoms with Crippen molar-refractivity contribution in [2.45, 2.75) is 25.7 Å². The van der Waals surface area contributed by atoms with E-state index in [0.717, 1.165) is 43.4 Å². The van der Waals surface area contributed by atoms with Crippen LogP contribution in [0.4, 0.5) is 8.78 Å². The van der Waals surface area contributed by atoms with Gasteiger partial charge in [0.25, 0.3) is 0 Å². The van der Waals surface area contributed by atoms with E-state index in [1.54, 1.807) is 19.2 Å². The Balaban J connectivity index is 1.35. The first-order valence-electron chi connectivity index (χ1n) is 11.2. The number of rotatable bonds is 7. The maximum atomic E-state index is 13.5. The van der Waals surface area contributed by atoms with Gasteiger partial charge in [0.05, 0.1) is 0 Å². The number of methoxy groups -OCH3 is 1. The van der Waals surface area contributed by atoms with E-state index in [2.05, 4.69) is 48.2 Å². The van der Waals surface area contributed by atoms with Gasteiger partial charge in [-0.3, -0.25) is 0 Å². The second kappa shape index (κ2) is 10.9. The third-order valence-electron chi connectivity index (χ3n) is 5.72. The highest BCUT2D eigenvalue weighted by molar-refractivity contribution is 5.84. The van der Waals surface area contributed by atoms with Crippen molar-refractivity contribution in [2.24, 2.45) is 0 Å². The van der Waals surface area contributed by atoms with Gasteiger partial charge in [-0.25, -0.2) is 8.78 Å². The van der Waals surface area contributed by atoms with Crippen molar-refractivity contribution >= 4 is 10.8 Å². The van der Waals surface area contributed by atoms with Crippen LogP contribution in [-0.2, 0) is 24.0 Å². The highest BCUT2D eigenvalue weighted by Crippen LogP contribution is 2.20. The number of hydrogen-bond donors (Lipinski definition) is 0. The Bertz CT molecular complexity index is 1280. The molecule has 0 radical (unpaired) electrons. The van der Waals surface area contributed by atoms with E-state index in [9.17, 15) is 8.78 Å². The standard InChI is InChI=1S/C30H26F2O/c1-33-18-2-3-22-4-6-23(7-5-22)8-9-24-10-12-25(13-11-24)14-15-26-16-17-27-20-29(31)30(32)21-28(27)19-26/h4-7,10-13,16-17,19-21H,2-3,8-9,18H2,1H3. The van der Waals surface area contributed by atoms with E-state index in [1.807, 2.05) is 18.2 Å². The summed E-state index contributed by atoms with van der Waals surface area (Å²) in [7, 11) is 1.74. The lowest BCUT2D eigenvalue weighted by atomic mass is 10.0. The van der Waals surface area contributed by atoms with E-state index in [0.29, 0.717) is 10.8 Å². The number of fused-ring (bicyclic) bond motifs is 1. The summed E-state index contributed by atoms with van der Waals surface area (Å²) in [6.45, 7) is 0.797. The van der Waals surface area contributed by atoms with Gasteiger partial charge in [0, 0.05) is 24.8 Å². The van der Waals surface area contributed by atoms with Crippen LogP contribution in [0.5, 0.6) is 0 Å². The van der Waals surface area contributed by atoms with E-state index >= 15 is 0 Å². The fraction of sp³-hybridized carbons (Fsp3) is 0.200. The van der Waals surface area contributed by atoms with E-state index < -0.39 is 11.6 Å². The lowest BCUT2D eigenvalue weighted by molar-refractivity contribution is 0.195. The minimum absolute atomic E-state index is 0.638. The Morgan fingerprint density at radius 2 is 1.12 bits per heavy atom. The van der Waals surface area contributed by atoms with Crippen LogP contribution in [0.25, 0.3) is 10.8 Å². The van der Waals surface area contributed by atoms with Crippen molar-refractivity contribution in [1.82, 2.24) is 0 Å². The molecule has 1 nitrogen and oxygen atoms in total. The Kier molecular flexibility index (Phi) is 7.50. The number of aryl methyl sites for hydroxylation is 3. The molecule has 0 bridgehead atoms. The Morgan fingerprint density at radius 1 is 0.606 bits per heavy atom. The summed E-state index contributed by atoms with van der Waals surface area (Å²) in [4.78, 5) is 0. The first kappa shape index (κ1) is 22.7. The van der Waals surface area contributed by atoms with Crippen LogP contribution < -0.4 is 0 Å². The topological polar surface area (TPSA) is 9.23 Å². The molecule has 0 fully saturated rings. The third-order valence-corrected chi connectivity index (χ3v) is 5.72. The van der Waals surface area contributed by atoms with Crippen molar-refractivity contribution in [1.29, 1.82) is 0 Å². The third kappa shape index (κ3) is 6.28. The van der Waals surface area contributed by atoms with Gasteiger partial charge in [0.15, 0.2) is 11.6 Å². The van der Waals surface area contributed by atoms with Crippen LogP contribution >= 0.6 is 0 Å². The lowest BCUT2D eigenvalue weighted by Crippen LogP contribution is -1.94. The highest BCUT2D eigenvalue weighted by Gasteiger charge is 2.04. The van der Waals surface area contributed by atoms with E-state index in [4.69, 9.17) is 4.74 Å². The Morgan fingerprint density at radius 3 is 1.76 bits per heavy atom. The van der Waals surface area contributed by atoms with Gasteiger partial charge in [-0.1, -0.05) is 54.3 Å². The molecule has 4 aromatic carbocycles.